The van der Waals surface area contributed by atoms with Crippen LogP contribution >= 0.6 is 0 Å². The Morgan fingerprint density at radius 3 is 2.67 bits per heavy atom. The van der Waals surface area contributed by atoms with Crippen molar-refractivity contribution in [3.05, 3.63) is 36.9 Å². The summed E-state index contributed by atoms with van der Waals surface area (Å²) in [6.45, 7) is 3.65. The third-order valence-electron chi connectivity index (χ3n) is 2.13. The molecule has 0 amide bonds. The molecular weight excluding hydrogens is 188 g/mol. The van der Waals surface area contributed by atoms with E-state index in [1.54, 1.807) is 18.5 Å². The fourth-order valence-electron chi connectivity index (χ4n) is 1.31. The second kappa shape index (κ2) is 6.87. The molecule has 0 atom stereocenters. The monoisotopic (exact) mass is 204 g/mol. The van der Waals surface area contributed by atoms with Gasteiger partial charge in [0.1, 0.15) is 0 Å². The summed E-state index contributed by atoms with van der Waals surface area (Å²) in [5.74, 6) is 0.371. The van der Waals surface area contributed by atoms with Crippen LogP contribution in [0.2, 0.25) is 0 Å². The second-order valence-electron chi connectivity index (χ2n) is 3.38. The lowest BCUT2D eigenvalue weighted by Crippen LogP contribution is -2.04. The van der Waals surface area contributed by atoms with Crippen molar-refractivity contribution in [3.8, 4) is 0 Å². The number of carbonyl (C=O) groups is 1. The van der Waals surface area contributed by atoms with Gasteiger partial charge in [0, 0.05) is 18.8 Å². The number of hydrogen-bond acceptors (Lipinski definition) is 3. The summed E-state index contributed by atoms with van der Waals surface area (Å²) in [5, 5.41) is 0. The lowest BCUT2D eigenvalue weighted by atomic mass is 10.1. The highest BCUT2D eigenvalue weighted by Crippen LogP contribution is 2.06. The molecule has 0 aliphatic rings. The van der Waals surface area contributed by atoms with Crippen LogP contribution in [0.5, 0.6) is 0 Å². The van der Waals surface area contributed by atoms with Gasteiger partial charge in [0.2, 0.25) is 0 Å². The Labute approximate surface area is 90.3 Å². The maximum Gasteiger partial charge on any atom is 0.200 e. The van der Waals surface area contributed by atoms with Crippen molar-refractivity contribution < 1.29 is 4.79 Å². The zero-order valence-corrected chi connectivity index (χ0v) is 8.85. The predicted octanol–water partition coefficient (Wildman–Crippen LogP) is 2.80. The molecule has 0 fully saturated rings. The average Bonchev–Trinajstić information content (AvgIpc) is 2.30. The molecule has 0 aliphatic heterocycles. The molecule has 1 aromatic rings. The number of rotatable bonds is 7. The Kier molecular flexibility index (Phi) is 5.30. The largest absolute Gasteiger partial charge is 0.291 e. The van der Waals surface area contributed by atoms with Crippen molar-refractivity contribution >= 4 is 5.78 Å². The molecule has 0 unspecified atom stereocenters. The van der Waals surface area contributed by atoms with Crippen LogP contribution < -0.4 is 0 Å². The van der Waals surface area contributed by atoms with Crippen LogP contribution in [0.1, 0.15) is 42.7 Å². The molecule has 1 aromatic heterocycles. The number of aromatic nitrogens is 2. The topological polar surface area (TPSA) is 42.9 Å². The fourth-order valence-corrected chi connectivity index (χ4v) is 1.31. The number of ketones is 1. The van der Waals surface area contributed by atoms with Gasteiger partial charge in [-0.1, -0.05) is 12.5 Å². The minimum absolute atomic E-state index is 0.0363. The molecule has 0 radical (unpaired) electrons. The van der Waals surface area contributed by atoms with E-state index < -0.39 is 0 Å². The molecule has 0 bridgehead atoms. The van der Waals surface area contributed by atoms with E-state index in [0.717, 1.165) is 25.7 Å². The normalized spacial score (nSPS) is 9.87. The van der Waals surface area contributed by atoms with Crippen LogP contribution in [-0.4, -0.2) is 15.8 Å². The molecule has 0 saturated carbocycles. The number of nitrogens with zero attached hydrogens (tertiary/aromatic N) is 2. The predicted molar refractivity (Wildman–Crippen MR) is 59.6 cm³/mol. The van der Waals surface area contributed by atoms with E-state index in [-0.39, 0.29) is 5.78 Å². The van der Waals surface area contributed by atoms with Crippen LogP contribution in [0.3, 0.4) is 0 Å². The van der Waals surface area contributed by atoms with Gasteiger partial charge in [0.05, 0.1) is 0 Å². The van der Waals surface area contributed by atoms with Crippen molar-refractivity contribution in [3.63, 3.8) is 0 Å². The standard InChI is InChI=1S/C12H16N2O/c1-2-3-4-5-6-8-11(15)12-13-9-7-10-14-12/h2,7,9-10H,1,3-6,8H2. The lowest BCUT2D eigenvalue weighted by molar-refractivity contribution is 0.0969. The molecule has 0 aromatic carbocycles. The fraction of sp³-hybridized carbons (Fsp3) is 0.417. The molecule has 15 heavy (non-hydrogen) atoms. The van der Waals surface area contributed by atoms with E-state index in [1.807, 2.05) is 6.08 Å². The van der Waals surface area contributed by atoms with Gasteiger partial charge in [0.15, 0.2) is 11.6 Å². The molecule has 0 spiro atoms. The zero-order chi connectivity index (χ0) is 10.9. The Balaban J connectivity index is 2.22. The number of Topliss-reactive ketones (excluding diaryl/α,β-unsaturated/α-hetero) is 1. The van der Waals surface area contributed by atoms with Gasteiger partial charge >= 0.3 is 0 Å². The highest BCUT2D eigenvalue weighted by atomic mass is 16.1. The smallest absolute Gasteiger partial charge is 0.200 e. The van der Waals surface area contributed by atoms with Crippen molar-refractivity contribution in [2.24, 2.45) is 0 Å². The van der Waals surface area contributed by atoms with Gasteiger partial charge in [-0.25, -0.2) is 9.97 Å². The van der Waals surface area contributed by atoms with Crippen molar-refractivity contribution in [2.45, 2.75) is 32.1 Å². The van der Waals surface area contributed by atoms with Gasteiger partial charge in [-0.05, 0) is 25.3 Å². The Hall–Kier alpha value is -1.51. The van der Waals surface area contributed by atoms with Crippen LogP contribution in [0.25, 0.3) is 0 Å². The quantitative estimate of drug-likeness (QED) is 0.389. The third-order valence-corrected chi connectivity index (χ3v) is 2.13. The highest BCUT2D eigenvalue weighted by Gasteiger charge is 2.06. The first-order chi connectivity index (χ1) is 7.34. The van der Waals surface area contributed by atoms with Crippen molar-refractivity contribution in [2.75, 3.05) is 0 Å². The van der Waals surface area contributed by atoms with E-state index >= 15 is 0 Å². The first-order valence-electron chi connectivity index (χ1n) is 5.25. The SMILES string of the molecule is C=CCCCCCC(=O)c1ncccn1. The third kappa shape index (κ3) is 4.49. The minimum Gasteiger partial charge on any atom is -0.291 e. The molecule has 1 rings (SSSR count). The number of allylic oxidation sites excluding steroid dienone is 1. The molecule has 1 heterocycles. The van der Waals surface area contributed by atoms with E-state index in [9.17, 15) is 4.79 Å². The van der Waals surface area contributed by atoms with Gasteiger partial charge in [-0.15, -0.1) is 6.58 Å². The summed E-state index contributed by atoms with van der Waals surface area (Å²) < 4.78 is 0. The molecule has 80 valence electrons. The maximum atomic E-state index is 11.5. The minimum atomic E-state index is 0.0363. The number of hydrogen-bond donors (Lipinski definition) is 0. The molecule has 0 saturated heterocycles. The summed E-state index contributed by atoms with van der Waals surface area (Å²) >= 11 is 0. The Morgan fingerprint density at radius 1 is 1.27 bits per heavy atom. The molecule has 0 N–H and O–H groups in total. The molecule has 0 aliphatic carbocycles. The zero-order valence-electron chi connectivity index (χ0n) is 8.85. The molecule has 3 heteroatoms. The van der Waals surface area contributed by atoms with Crippen LogP contribution in [-0.2, 0) is 0 Å². The van der Waals surface area contributed by atoms with E-state index in [2.05, 4.69) is 16.5 Å². The average molecular weight is 204 g/mol. The lowest BCUT2D eigenvalue weighted by Gasteiger charge is -1.98. The van der Waals surface area contributed by atoms with Crippen molar-refractivity contribution in [1.29, 1.82) is 0 Å². The summed E-state index contributed by atoms with van der Waals surface area (Å²) in [6, 6.07) is 1.71. The van der Waals surface area contributed by atoms with Crippen LogP contribution in [0.4, 0.5) is 0 Å². The van der Waals surface area contributed by atoms with Gasteiger partial charge in [0.25, 0.3) is 0 Å². The first-order valence-corrected chi connectivity index (χ1v) is 5.25. The summed E-state index contributed by atoms with van der Waals surface area (Å²) in [6.07, 6.45) is 9.73. The number of carbonyl (C=O) groups excluding carboxylic acids is 1. The Bertz CT molecular complexity index is 309. The summed E-state index contributed by atoms with van der Waals surface area (Å²) in [4.78, 5) is 19.4. The number of unbranched alkanes of at least 4 members (excludes halogenated alkanes) is 3. The van der Waals surface area contributed by atoms with Crippen LogP contribution in [0, 0.1) is 0 Å². The van der Waals surface area contributed by atoms with Crippen molar-refractivity contribution in [1.82, 2.24) is 9.97 Å². The van der Waals surface area contributed by atoms with Crippen LogP contribution in [0.15, 0.2) is 31.1 Å². The summed E-state index contributed by atoms with van der Waals surface area (Å²) in [5.41, 5.74) is 0. The molecular formula is C12H16N2O. The molecule has 3 nitrogen and oxygen atoms in total. The van der Waals surface area contributed by atoms with E-state index in [4.69, 9.17) is 0 Å². The summed E-state index contributed by atoms with van der Waals surface area (Å²) in [7, 11) is 0. The first kappa shape index (κ1) is 11.6. The van der Waals surface area contributed by atoms with Gasteiger partial charge in [-0.3, -0.25) is 4.79 Å². The maximum absolute atomic E-state index is 11.5. The van der Waals surface area contributed by atoms with Gasteiger partial charge in [-0.2, -0.15) is 0 Å². The second-order valence-corrected chi connectivity index (χ2v) is 3.38. The van der Waals surface area contributed by atoms with E-state index in [0.29, 0.717) is 12.2 Å². The van der Waals surface area contributed by atoms with Gasteiger partial charge < -0.3 is 0 Å². The highest BCUT2D eigenvalue weighted by molar-refractivity contribution is 5.92. The van der Waals surface area contributed by atoms with E-state index in [1.165, 1.54) is 0 Å². The Morgan fingerprint density at radius 2 is 2.00 bits per heavy atom.